The molecule has 4 aliphatic carbocycles. The van der Waals surface area contributed by atoms with E-state index in [1.165, 1.54) is 5.57 Å². The zero-order valence-electron chi connectivity index (χ0n) is 18.6. The molecule has 0 saturated heterocycles. The first-order valence-corrected chi connectivity index (χ1v) is 14.2. The molecule has 3 nitrogen and oxygen atoms in total. The normalized spacial score (nSPS) is 41.3. The number of hydrogen-bond acceptors (Lipinski definition) is 3. The second-order valence-electron chi connectivity index (χ2n) is 11.8. The Morgan fingerprint density at radius 1 is 1.14 bits per heavy atom. The summed E-state index contributed by atoms with van der Waals surface area (Å²) in [4.78, 5) is 12.5. The zero-order valence-corrected chi connectivity index (χ0v) is 19.6. The van der Waals surface area contributed by atoms with Gasteiger partial charge in [-0.1, -0.05) is 46.9 Å². The predicted molar refractivity (Wildman–Crippen MR) is 116 cm³/mol. The Balaban J connectivity index is 1.69. The van der Waals surface area contributed by atoms with Crippen LogP contribution in [-0.2, 0) is 4.79 Å². The maximum atomic E-state index is 12.5. The van der Waals surface area contributed by atoms with E-state index in [0.29, 0.717) is 35.7 Å². The molecule has 156 valence electrons. The molecule has 0 aliphatic heterocycles. The number of hydrogen-bond donors (Lipinski definition) is 2. The van der Waals surface area contributed by atoms with Crippen LogP contribution in [0.3, 0.4) is 0 Å². The summed E-state index contributed by atoms with van der Waals surface area (Å²) in [5.74, 6) is 2.26. The third-order valence-corrected chi connectivity index (χ3v) is 16.0. The Morgan fingerprint density at radius 2 is 1.82 bits per heavy atom. The van der Waals surface area contributed by atoms with Crippen molar-refractivity contribution in [1.29, 1.82) is 0 Å². The van der Waals surface area contributed by atoms with Gasteiger partial charge in [0.1, 0.15) is 5.78 Å². The highest BCUT2D eigenvalue weighted by molar-refractivity contribution is 6.83. The monoisotopic (exact) mass is 402 g/mol. The largest absolute Gasteiger partial charge is 0.512 e. The summed E-state index contributed by atoms with van der Waals surface area (Å²) in [5, 5.41) is 22.1. The molecule has 0 amide bonds. The van der Waals surface area contributed by atoms with E-state index in [0.717, 1.165) is 44.1 Å². The molecule has 0 aromatic heterocycles. The zero-order chi connectivity index (χ0) is 20.7. The number of rotatable bonds is 1. The highest BCUT2D eigenvalue weighted by Crippen LogP contribution is 2.61. The lowest BCUT2D eigenvalue weighted by Crippen LogP contribution is -2.60. The molecule has 0 aromatic carbocycles. The number of aliphatic hydroxyl groups excluding tert-OH is 1. The van der Waals surface area contributed by atoms with Crippen LogP contribution in [0.1, 0.15) is 72.6 Å². The van der Waals surface area contributed by atoms with Gasteiger partial charge in [-0.25, -0.2) is 0 Å². The van der Waals surface area contributed by atoms with Gasteiger partial charge in [-0.15, -0.1) is 0 Å². The molecule has 28 heavy (non-hydrogen) atoms. The summed E-state index contributed by atoms with van der Waals surface area (Å²) in [6.45, 7) is 13.4. The fourth-order valence-corrected chi connectivity index (χ4v) is 9.25. The standard InChI is InChI=1S/C24H38O3Si/c1-22(2,3)28(5,6)24(27)13-15-7-8-16-17(21(15)19(25)14-24)11-12-23(4)18(16)9-10-20(23)26/h13,16-18,25,27H,7-12,14H2,1-6H3/t16-,17+,18+,23+,24?/m1/s1. The predicted octanol–water partition coefficient (Wildman–Crippen LogP) is 5.71. The second-order valence-corrected chi connectivity index (χ2v) is 17.5. The molecular formula is C24H38O3Si. The van der Waals surface area contributed by atoms with Gasteiger partial charge >= 0.3 is 0 Å². The van der Waals surface area contributed by atoms with Gasteiger partial charge in [0.05, 0.1) is 19.1 Å². The SMILES string of the molecule is CC(C)(C)[Si](C)(C)C1(O)C=C2CC[C@@H]3[C@H](CC[C@]4(C)C(=O)CC[C@@H]34)C2=C(O)C1. The lowest BCUT2D eigenvalue weighted by atomic mass is 9.54. The number of ketones is 1. The van der Waals surface area contributed by atoms with Gasteiger partial charge in [0.2, 0.25) is 0 Å². The number of fused-ring (bicyclic) bond motifs is 5. The van der Waals surface area contributed by atoms with Gasteiger partial charge in [-0.2, -0.15) is 0 Å². The van der Waals surface area contributed by atoms with Gasteiger partial charge in [-0.05, 0) is 66.0 Å². The highest BCUT2D eigenvalue weighted by Gasteiger charge is 2.58. The minimum absolute atomic E-state index is 0.0463. The Labute approximate surface area is 171 Å². The summed E-state index contributed by atoms with van der Waals surface area (Å²) < 4.78 is 0. The third kappa shape index (κ3) is 2.59. The first-order chi connectivity index (χ1) is 12.8. The fourth-order valence-electron chi connectivity index (χ4n) is 6.80. The number of Topliss-reactive ketones (excluding diaryl/α,β-unsaturated/α-hetero) is 1. The Morgan fingerprint density at radius 3 is 2.46 bits per heavy atom. The van der Waals surface area contributed by atoms with E-state index < -0.39 is 13.3 Å². The van der Waals surface area contributed by atoms with E-state index in [2.05, 4.69) is 46.9 Å². The third-order valence-electron chi connectivity index (χ3n) is 9.73. The number of aliphatic hydroxyl groups is 2. The first kappa shape index (κ1) is 20.4. The van der Waals surface area contributed by atoms with Crippen LogP contribution in [0, 0.1) is 23.2 Å². The molecule has 4 rings (SSSR count). The minimum Gasteiger partial charge on any atom is -0.512 e. The van der Waals surface area contributed by atoms with Crippen LogP contribution in [0.15, 0.2) is 23.0 Å². The average Bonchev–Trinajstić information content (AvgIpc) is 2.88. The van der Waals surface area contributed by atoms with Crippen molar-refractivity contribution in [2.24, 2.45) is 23.2 Å². The van der Waals surface area contributed by atoms with Crippen molar-refractivity contribution in [3.8, 4) is 0 Å². The molecule has 0 radical (unpaired) electrons. The number of carbonyl (C=O) groups excluding carboxylic acids is 1. The van der Waals surface area contributed by atoms with Gasteiger partial charge < -0.3 is 10.2 Å². The van der Waals surface area contributed by atoms with Crippen LogP contribution >= 0.6 is 0 Å². The van der Waals surface area contributed by atoms with Gasteiger partial charge in [0, 0.05) is 18.3 Å². The van der Waals surface area contributed by atoms with E-state index in [9.17, 15) is 15.0 Å². The molecule has 0 aromatic rings. The highest BCUT2D eigenvalue weighted by atomic mass is 28.3. The quantitative estimate of drug-likeness (QED) is 0.552. The summed E-state index contributed by atoms with van der Waals surface area (Å²) in [5.41, 5.74) is 2.21. The maximum absolute atomic E-state index is 12.5. The summed E-state index contributed by atoms with van der Waals surface area (Å²) in [7, 11) is -2.09. The summed E-state index contributed by atoms with van der Waals surface area (Å²) in [6, 6.07) is 0. The molecular weight excluding hydrogens is 364 g/mol. The molecule has 0 heterocycles. The molecule has 3 fully saturated rings. The van der Waals surface area contributed by atoms with E-state index in [1.54, 1.807) is 0 Å². The van der Waals surface area contributed by atoms with Crippen LogP contribution in [-0.4, -0.2) is 29.3 Å². The van der Waals surface area contributed by atoms with Crippen molar-refractivity contribution < 1.29 is 15.0 Å². The van der Waals surface area contributed by atoms with Gasteiger partial charge in [0.15, 0.2) is 0 Å². The minimum atomic E-state index is -2.09. The van der Waals surface area contributed by atoms with E-state index in [-0.39, 0.29) is 10.5 Å². The van der Waals surface area contributed by atoms with Crippen LogP contribution in [0.25, 0.3) is 0 Å². The molecule has 1 unspecified atom stereocenters. The number of allylic oxidation sites excluding steroid dienone is 2. The lowest BCUT2D eigenvalue weighted by molar-refractivity contribution is -0.129. The molecule has 2 N–H and O–H groups in total. The van der Waals surface area contributed by atoms with Gasteiger partial charge in [0.25, 0.3) is 0 Å². The smallest absolute Gasteiger partial charge is 0.139 e. The molecule has 0 spiro atoms. The first-order valence-electron chi connectivity index (χ1n) is 11.2. The van der Waals surface area contributed by atoms with E-state index >= 15 is 0 Å². The van der Waals surface area contributed by atoms with Crippen LogP contribution in [0.4, 0.5) is 0 Å². The number of carbonyl (C=O) groups is 1. The van der Waals surface area contributed by atoms with E-state index in [1.807, 2.05) is 0 Å². The van der Waals surface area contributed by atoms with Crippen molar-refractivity contribution >= 4 is 13.9 Å². The van der Waals surface area contributed by atoms with Crippen molar-refractivity contribution in [3.63, 3.8) is 0 Å². The average molecular weight is 403 g/mol. The van der Waals surface area contributed by atoms with Crippen LogP contribution in [0.5, 0.6) is 0 Å². The van der Waals surface area contributed by atoms with Gasteiger partial charge in [-0.3, -0.25) is 4.79 Å². The molecule has 4 aliphatic rings. The Bertz CT molecular complexity index is 771. The Hall–Kier alpha value is -0.873. The maximum Gasteiger partial charge on any atom is 0.139 e. The fraction of sp³-hybridized carbons (Fsp3) is 0.792. The lowest BCUT2D eigenvalue weighted by Gasteiger charge is -2.53. The second kappa shape index (κ2) is 6.07. The van der Waals surface area contributed by atoms with Crippen molar-refractivity contribution in [2.45, 2.75) is 96.0 Å². The van der Waals surface area contributed by atoms with Crippen molar-refractivity contribution in [3.05, 3.63) is 23.0 Å². The summed E-state index contributed by atoms with van der Waals surface area (Å²) in [6.07, 6.45) is 8.26. The Kier molecular flexibility index (Phi) is 4.42. The topological polar surface area (TPSA) is 57.5 Å². The van der Waals surface area contributed by atoms with Crippen LogP contribution in [0.2, 0.25) is 18.1 Å². The van der Waals surface area contributed by atoms with E-state index in [4.69, 9.17) is 0 Å². The molecule has 4 heteroatoms. The molecule has 0 bridgehead atoms. The van der Waals surface area contributed by atoms with Crippen molar-refractivity contribution in [2.75, 3.05) is 0 Å². The molecule has 5 atom stereocenters. The van der Waals surface area contributed by atoms with Crippen LogP contribution < -0.4 is 0 Å². The summed E-state index contributed by atoms with van der Waals surface area (Å²) >= 11 is 0. The molecule has 3 saturated carbocycles. The van der Waals surface area contributed by atoms with Crippen molar-refractivity contribution in [1.82, 2.24) is 0 Å².